The highest BCUT2D eigenvalue weighted by Crippen LogP contribution is 2.14. The largest absolute Gasteiger partial charge is 0.333 e. The van der Waals surface area contributed by atoms with E-state index in [9.17, 15) is 0 Å². The maximum Gasteiger partial charge on any atom is 0.0408 e. The van der Waals surface area contributed by atoms with Gasteiger partial charge in [-0.15, -0.1) is 0 Å². The molecule has 0 saturated carbocycles. The highest BCUT2D eigenvalue weighted by atomic mass is 35.5. The summed E-state index contributed by atoms with van der Waals surface area (Å²) in [7, 11) is 1.50. The smallest absolute Gasteiger partial charge is 0.0408 e. The van der Waals surface area contributed by atoms with Crippen LogP contribution in [0.3, 0.4) is 0 Å². The molecule has 1 aromatic rings. The van der Waals surface area contributed by atoms with Crippen LogP contribution in [0.25, 0.3) is 0 Å². The first-order valence-corrected chi connectivity index (χ1v) is 4.44. The zero-order chi connectivity index (χ0) is 9.56. The molecule has 0 aliphatic carbocycles. The van der Waals surface area contributed by atoms with Gasteiger partial charge in [0.25, 0.3) is 0 Å². The van der Waals surface area contributed by atoms with Crippen LogP contribution < -0.4 is 5.73 Å². The number of rotatable bonds is 1. The Morgan fingerprint density at radius 3 is 2.33 bits per heavy atom. The van der Waals surface area contributed by atoms with Crippen molar-refractivity contribution >= 4 is 11.6 Å². The van der Waals surface area contributed by atoms with Crippen molar-refractivity contribution in [1.29, 1.82) is 0 Å². The molecule has 0 aliphatic rings. The number of hydrogen-bond acceptors (Lipinski definition) is 1. The SMILES string of the molecule is CCc1ccc(Cl)cc1C.CN. The molecule has 0 amide bonds. The molecular formula is C10H16ClN. The molecule has 1 aromatic carbocycles. The van der Waals surface area contributed by atoms with Crippen LogP contribution in [-0.2, 0) is 6.42 Å². The zero-order valence-electron chi connectivity index (χ0n) is 7.89. The minimum absolute atomic E-state index is 0.828. The molecule has 0 bridgehead atoms. The van der Waals surface area contributed by atoms with Gasteiger partial charge in [0.05, 0.1) is 0 Å². The van der Waals surface area contributed by atoms with E-state index in [0.29, 0.717) is 0 Å². The molecule has 2 N–H and O–H groups in total. The van der Waals surface area contributed by atoms with Crippen molar-refractivity contribution in [1.82, 2.24) is 0 Å². The Labute approximate surface area is 79.5 Å². The maximum atomic E-state index is 5.77. The molecule has 0 heterocycles. The summed E-state index contributed by atoms with van der Waals surface area (Å²) >= 11 is 5.77. The van der Waals surface area contributed by atoms with Crippen LogP contribution in [0.2, 0.25) is 5.02 Å². The number of halogens is 1. The van der Waals surface area contributed by atoms with Crippen LogP contribution >= 0.6 is 11.6 Å². The first-order valence-electron chi connectivity index (χ1n) is 4.07. The van der Waals surface area contributed by atoms with Gasteiger partial charge < -0.3 is 5.73 Å². The Morgan fingerprint density at radius 1 is 1.33 bits per heavy atom. The Hall–Kier alpha value is -0.530. The summed E-state index contributed by atoms with van der Waals surface area (Å²) in [6, 6.07) is 6.02. The summed E-state index contributed by atoms with van der Waals surface area (Å²) in [5, 5.41) is 0.828. The van der Waals surface area contributed by atoms with E-state index in [2.05, 4.69) is 25.6 Å². The van der Waals surface area contributed by atoms with Gasteiger partial charge in [-0.2, -0.15) is 0 Å². The van der Waals surface area contributed by atoms with Gasteiger partial charge in [-0.1, -0.05) is 24.6 Å². The van der Waals surface area contributed by atoms with E-state index in [-0.39, 0.29) is 0 Å². The molecule has 0 aromatic heterocycles. The monoisotopic (exact) mass is 185 g/mol. The topological polar surface area (TPSA) is 26.0 Å². The number of benzene rings is 1. The quantitative estimate of drug-likeness (QED) is 0.716. The van der Waals surface area contributed by atoms with E-state index in [1.165, 1.54) is 18.2 Å². The number of nitrogens with two attached hydrogens (primary N) is 1. The molecule has 2 heteroatoms. The lowest BCUT2D eigenvalue weighted by atomic mass is 10.1. The Morgan fingerprint density at radius 2 is 1.92 bits per heavy atom. The van der Waals surface area contributed by atoms with Gasteiger partial charge >= 0.3 is 0 Å². The van der Waals surface area contributed by atoms with Crippen LogP contribution in [0, 0.1) is 6.92 Å². The highest BCUT2D eigenvalue weighted by Gasteiger charge is 1.94. The van der Waals surface area contributed by atoms with Crippen molar-refractivity contribution in [2.45, 2.75) is 20.3 Å². The van der Waals surface area contributed by atoms with Gasteiger partial charge in [0.2, 0.25) is 0 Å². The van der Waals surface area contributed by atoms with E-state index in [0.717, 1.165) is 11.4 Å². The second-order valence-corrected chi connectivity index (χ2v) is 2.86. The fourth-order valence-corrected chi connectivity index (χ4v) is 1.28. The zero-order valence-corrected chi connectivity index (χ0v) is 8.65. The molecule has 0 unspecified atom stereocenters. The third-order valence-corrected chi connectivity index (χ3v) is 1.92. The van der Waals surface area contributed by atoms with Gasteiger partial charge in [0, 0.05) is 5.02 Å². The van der Waals surface area contributed by atoms with E-state index in [1.54, 1.807) is 0 Å². The molecule has 12 heavy (non-hydrogen) atoms. The highest BCUT2D eigenvalue weighted by molar-refractivity contribution is 6.30. The number of aryl methyl sites for hydroxylation is 2. The van der Waals surface area contributed by atoms with Crippen molar-refractivity contribution in [2.75, 3.05) is 7.05 Å². The summed E-state index contributed by atoms with van der Waals surface area (Å²) < 4.78 is 0. The second kappa shape index (κ2) is 6.04. The Bertz CT molecular complexity index is 233. The normalized spacial score (nSPS) is 8.75. The predicted molar refractivity (Wildman–Crippen MR) is 55.7 cm³/mol. The summed E-state index contributed by atoms with van der Waals surface area (Å²) in [6.07, 6.45) is 1.09. The lowest BCUT2D eigenvalue weighted by Gasteiger charge is -2.01. The fraction of sp³-hybridized carbons (Fsp3) is 0.400. The molecule has 0 spiro atoms. The van der Waals surface area contributed by atoms with Crippen molar-refractivity contribution in [3.63, 3.8) is 0 Å². The van der Waals surface area contributed by atoms with Crippen molar-refractivity contribution < 1.29 is 0 Å². The van der Waals surface area contributed by atoms with E-state index in [1.807, 2.05) is 12.1 Å². The summed E-state index contributed by atoms with van der Waals surface area (Å²) in [6.45, 7) is 4.24. The molecule has 0 atom stereocenters. The van der Waals surface area contributed by atoms with Crippen LogP contribution in [0.4, 0.5) is 0 Å². The molecule has 0 saturated heterocycles. The second-order valence-electron chi connectivity index (χ2n) is 2.42. The minimum Gasteiger partial charge on any atom is -0.333 e. The molecular weight excluding hydrogens is 170 g/mol. The standard InChI is InChI=1S/C9H11Cl.CH5N/c1-3-8-4-5-9(10)6-7(8)2;1-2/h4-6H,3H2,1-2H3;2H2,1H3. The van der Waals surface area contributed by atoms with Crippen molar-refractivity contribution in [3.05, 3.63) is 34.3 Å². The summed E-state index contributed by atoms with van der Waals surface area (Å²) in [5.74, 6) is 0. The van der Waals surface area contributed by atoms with Gasteiger partial charge in [-0.3, -0.25) is 0 Å². The van der Waals surface area contributed by atoms with Crippen molar-refractivity contribution in [2.24, 2.45) is 5.73 Å². The Kier molecular flexibility index (Phi) is 5.77. The van der Waals surface area contributed by atoms with Gasteiger partial charge in [-0.25, -0.2) is 0 Å². The molecule has 1 nitrogen and oxygen atoms in total. The van der Waals surface area contributed by atoms with Gasteiger partial charge in [0.15, 0.2) is 0 Å². The maximum absolute atomic E-state index is 5.77. The van der Waals surface area contributed by atoms with E-state index >= 15 is 0 Å². The van der Waals surface area contributed by atoms with Crippen molar-refractivity contribution in [3.8, 4) is 0 Å². The van der Waals surface area contributed by atoms with Gasteiger partial charge in [0.1, 0.15) is 0 Å². The first-order chi connectivity index (χ1) is 5.74. The molecule has 1 rings (SSSR count). The van der Waals surface area contributed by atoms with E-state index in [4.69, 9.17) is 11.6 Å². The average Bonchev–Trinajstić information content (AvgIpc) is 2.08. The van der Waals surface area contributed by atoms with Crippen LogP contribution in [0.1, 0.15) is 18.1 Å². The van der Waals surface area contributed by atoms with E-state index < -0.39 is 0 Å². The molecule has 68 valence electrons. The third kappa shape index (κ3) is 3.24. The molecule has 0 aliphatic heterocycles. The number of hydrogen-bond donors (Lipinski definition) is 1. The lowest BCUT2D eigenvalue weighted by Crippen LogP contribution is -1.84. The summed E-state index contributed by atoms with van der Waals surface area (Å²) in [5.41, 5.74) is 7.17. The minimum atomic E-state index is 0.828. The average molecular weight is 186 g/mol. The predicted octanol–water partition coefficient (Wildman–Crippen LogP) is 2.79. The fourth-order valence-electron chi connectivity index (χ4n) is 1.06. The first kappa shape index (κ1) is 11.5. The van der Waals surface area contributed by atoms with Gasteiger partial charge in [-0.05, 0) is 43.7 Å². The van der Waals surface area contributed by atoms with Crippen LogP contribution in [0.5, 0.6) is 0 Å². The Balaban J connectivity index is 0.000000561. The van der Waals surface area contributed by atoms with Crippen LogP contribution in [0.15, 0.2) is 18.2 Å². The molecule has 0 radical (unpaired) electrons. The summed E-state index contributed by atoms with van der Waals surface area (Å²) in [4.78, 5) is 0. The third-order valence-electron chi connectivity index (χ3n) is 1.69. The molecule has 0 fully saturated rings. The lowest BCUT2D eigenvalue weighted by molar-refractivity contribution is 1.11. The van der Waals surface area contributed by atoms with Crippen LogP contribution in [-0.4, -0.2) is 7.05 Å².